The molecule has 0 aliphatic heterocycles. The van der Waals surface area contributed by atoms with Gasteiger partial charge in [-0.15, -0.1) is 11.3 Å². The smallest absolute Gasteiger partial charge is 0.123 e. The van der Waals surface area contributed by atoms with Gasteiger partial charge in [-0.05, 0) is 24.3 Å². The molecule has 0 saturated carbocycles. The van der Waals surface area contributed by atoms with Crippen LogP contribution in [0, 0.1) is 11.3 Å². The Morgan fingerprint density at radius 3 is 2.92 bits per heavy atom. The van der Waals surface area contributed by atoms with Crippen molar-refractivity contribution in [2.45, 2.75) is 19.5 Å². The molecule has 0 unspecified atom stereocenters. The average molecular weight is 402 g/mol. The zero-order valence-corrected chi connectivity index (χ0v) is 15.4. The van der Waals surface area contributed by atoms with E-state index in [1.807, 2.05) is 24.3 Å². The van der Waals surface area contributed by atoms with E-state index >= 15 is 0 Å². The molecule has 3 rings (SSSR count). The van der Waals surface area contributed by atoms with Crippen molar-refractivity contribution in [3.63, 3.8) is 0 Å². The van der Waals surface area contributed by atoms with Crippen molar-refractivity contribution in [3.05, 3.63) is 64.0 Å². The lowest BCUT2D eigenvalue weighted by Gasteiger charge is -2.18. The van der Waals surface area contributed by atoms with E-state index in [-0.39, 0.29) is 0 Å². The second kappa shape index (κ2) is 8.25. The molecule has 0 amide bonds. The lowest BCUT2D eigenvalue weighted by atomic mass is 10.2. The van der Waals surface area contributed by atoms with Crippen molar-refractivity contribution in [1.29, 1.82) is 5.26 Å². The van der Waals surface area contributed by atoms with Crippen molar-refractivity contribution in [1.82, 2.24) is 9.88 Å². The largest absolute Gasteiger partial charge is 0.468 e. The fourth-order valence-electron chi connectivity index (χ4n) is 2.41. The van der Waals surface area contributed by atoms with E-state index in [0.29, 0.717) is 26.1 Å². The van der Waals surface area contributed by atoms with E-state index in [1.165, 1.54) is 0 Å². The molecular formula is C18H16BrN3OS. The molecule has 24 heavy (non-hydrogen) atoms. The van der Waals surface area contributed by atoms with Gasteiger partial charge in [-0.3, -0.25) is 4.90 Å². The standard InChI is InChI=1S/C18H16BrN3OS/c19-15-5-1-4-14(10-15)18-21-16(13-24-18)11-22(8-3-7-20)12-17-6-2-9-23-17/h1-2,4-6,9-10,13H,3,8,11-12H2. The summed E-state index contributed by atoms with van der Waals surface area (Å²) in [5.74, 6) is 0.899. The molecule has 0 radical (unpaired) electrons. The van der Waals surface area contributed by atoms with Gasteiger partial charge >= 0.3 is 0 Å². The molecule has 0 N–H and O–H groups in total. The lowest BCUT2D eigenvalue weighted by Crippen LogP contribution is -2.23. The highest BCUT2D eigenvalue weighted by Gasteiger charge is 2.12. The maximum Gasteiger partial charge on any atom is 0.123 e. The van der Waals surface area contributed by atoms with Crippen LogP contribution in [-0.4, -0.2) is 16.4 Å². The number of furan rings is 1. The monoisotopic (exact) mass is 401 g/mol. The van der Waals surface area contributed by atoms with Crippen LogP contribution in [0.4, 0.5) is 0 Å². The summed E-state index contributed by atoms with van der Waals surface area (Å²) in [6, 6.07) is 14.2. The van der Waals surface area contributed by atoms with Crippen LogP contribution in [-0.2, 0) is 13.1 Å². The van der Waals surface area contributed by atoms with Gasteiger partial charge < -0.3 is 4.42 Å². The summed E-state index contributed by atoms with van der Waals surface area (Å²) in [5.41, 5.74) is 2.12. The van der Waals surface area contributed by atoms with Gasteiger partial charge in [0.2, 0.25) is 0 Å². The van der Waals surface area contributed by atoms with Crippen molar-refractivity contribution >= 4 is 27.3 Å². The number of hydrogen-bond donors (Lipinski definition) is 0. The van der Waals surface area contributed by atoms with Gasteiger partial charge in [0.25, 0.3) is 0 Å². The molecule has 0 atom stereocenters. The van der Waals surface area contributed by atoms with Crippen molar-refractivity contribution in [2.75, 3.05) is 6.54 Å². The van der Waals surface area contributed by atoms with Gasteiger partial charge in [0, 0.05) is 34.9 Å². The van der Waals surface area contributed by atoms with E-state index in [2.05, 4.69) is 44.4 Å². The molecular weight excluding hydrogens is 386 g/mol. The zero-order chi connectivity index (χ0) is 16.8. The van der Waals surface area contributed by atoms with Crippen LogP contribution < -0.4 is 0 Å². The van der Waals surface area contributed by atoms with Crippen molar-refractivity contribution in [2.24, 2.45) is 0 Å². The highest BCUT2D eigenvalue weighted by Crippen LogP contribution is 2.26. The Hall–Kier alpha value is -1.94. The Bertz CT molecular complexity index is 823. The molecule has 0 aliphatic rings. The normalized spacial score (nSPS) is 10.9. The van der Waals surface area contributed by atoms with Gasteiger partial charge in [0.05, 0.1) is 24.6 Å². The van der Waals surface area contributed by atoms with Gasteiger partial charge in [-0.2, -0.15) is 5.26 Å². The fourth-order valence-corrected chi connectivity index (χ4v) is 3.62. The Morgan fingerprint density at radius 2 is 2.17 bits per heavy atom. The molecule has 4 nitrogen and oxygen atoms in total. The third-order valence-electron chi connectivity index (χ3n) is 3.51. The lowest BCUT2D eigenvalue weighted by molar-refractivity contribution is 0.238. The van der Waals surface area contributed by atoms with E-state index in [9.17, 15) is 0 Å². The predicted octanol–water partition coefficient (Wildman–Crippen LogP) is 5.08. The first-order valence-electron chi connectivity index (χ1n) is 7.56. The van der Waals surface area contributed by atoms with E-state index in [1.54, 1.807) is 17.6 Å². The first kappa shape index (κ1) is 16.9. The first-order valence-corrected chi connectivity index (χ1v) is 9.24. The molecule has 1 aromatic carbocycles. The number of benzene rings is 1. The Labute approximate surface area is 153 Å². The van der Waals surface area contributed by atoms with Crippen LogP contribution >= 0.6 is 27.3 Å². The maximum absolute atomic E-state index is 8.87. The summed E-state index contributed by atoms with van der Waals surface area (Å²) in [5, 5.41) is 12.0. The van der Waals surface area contributed by atoms with Crippen LogP contribution in [0.25, 0.3) is 10.6 Å². The third-order valence-corrected chi connectivity index (χ3v) is 4.94. The number of hydrogen-bond acceptors (Lipinski definition) is 5. The minimum atomic E-state index is 0.489. The van der Waals surface area contributed by atoms with E-state index in [0.717, 1.165) is 26.5 Å². The van der Waals surface area contributed by atoms with Crippen LogP contribution in [0.2, 0.25) is 0 Å². The third kappa shape index (κ3) is 4.54. The van der Waals surface area contributed by atoms with Crippen molar-refractivity contribution in [3.8, 4) is 16.6 Å². The first-order chi connectivity index (χ1) is 11.7. The highest BCUT2D eigenvalue weighted by molar-refractivity contribution is 9.10. The molecule has 2 aromatic heterocycles. The van der Waals surface area contributed by atoms with E-state index < -0.39 is 0 Å². The summed E-state index contributed by atoms with van der Waals surface area (Å²) >= 11 is 5.13. The Morgan fingerprint density at radius 1 is 1.25 bits per heavy atom. The molecule has 2 heterocycles. The SMILES string of the molecule is N#CCCN(Cc1csc(-c2cccc(Br)c2)n1)Cc1ccco1. The second-order valence-electron chi connectivity index (χ2n) is 5.35. The minimum absolute atomic E-state index is 0.489. The molecule has 0 bridgehead atoms. The summed E-state index contributed by atoms with van der Waals surface area (Å²) < 4.78 is 6.47. The topological polar surface area (TPSA) is 53.1 Å². The number of thiazole rings is 1. The fraction of sp³-hybridized carbons (Fsp3) is 0.222. The van der Waals surface area contributed by atoms with Gasteiger partial charge in [-0.1, -0.05) is 28.1 Å². The van der Waals surface area contributed by atoms with E-state index in [4.69, 9.17) is 14.7 Å². The quantitative estimate of drug-likeness (QED) is 0.553. The number of halogens is 1. The Kier molecular flexibility index (Phi) is 5.81. The molecule has 6 heteroatoms. The molecule has 0 fully saturated rings. The Balaban J connectivity index is 1.71. The number of rotatable bonds is 7. The molecule has 0 aliphatic carbocycles. The van der Waals surface area contributed by atoms with Crippen molar-refractivity contribution < 1.29 is 4.42 Å². The van der Waals surface area contributed by atoms with Crippen LogP contribution in [0.3, 0.4) is 0 Å². The number of nitriles is 1. The molecule has 0 spiro atoms. The average Bonchev–Trinajstić information content (AvgIpc) is 3.24. The van der Waals surface area contributed by atoms with Gasteiger partial charge in [-0.25, -0.2) is 4.98 Å². The highest BCUT2D eigenvalue weighted by atomic mass is 79.9. The van der Waals surface area contributed by atoms with Crippen LogP contribution in [0.5, 0.6) is 0 Å². The summed E-state index contributed by atoms with van der Waals surface area (Å²) in [6.07, 6.45) is 2.16. The minimum Gasteiger partial charge on any atom is -0.468 e. The summed E-state index contributed by atoms with van der Waals surface area (Å²) in [7, 11) is 0. The maximum atomic E-state index is 8.87. The zero-order valence-electron chi connectivity index (χ0n) is 13.0. The predicted molar refractivity (Wildman–Crippen MR) is 98.3 cm³/mol. The van der Waals surface area contributed by atoms with Crippen LogP contribution in [0.15, 0.2) is 56.9 Å². The summed E-state index contributed by atoms with van der Waals surface area (Å²) in [6.45, 7) is 2.08. The number of aromatic nitrogens is 1. The second-order valence-corrected chi connectivity index (χ2v) is 7.13. The molecule has 3 aromatic rings. The van der Waals surface area contributed by atoms with Gasteiger partial charge in [0.1, 0.15) is 10.8 Å². The van der Waals surface area contributed by atoms with Gasteiger partial charge in [0.15, 0.2) is 0 Å². The number of nitrogens with zero attached hydrogens (tertiary/aromatic N) is 3. The molecule has 122 valence electrons. The van der Waals surface area contributed by atoms with Crippen LogP contribution in [0.1, 0.15) is 17.9 Å². The molecule has 0 saturated heterocycles. The summed E-state index contributed by atoms with van der Waals surface area (Å²) in [4.78, 5) is 6.92.